The van der Waals surface area contributed by atoms with Gasteiger partial charge in [-0.3, -0.25) is 9.59 Å². The summed E-state index contributed by atoms with van der Waals surface area (Å²) in [5, 5.41) is 54.2. The van der Waals surface area contributed by atoms with E-state index in [1.54, 1.807) is 6.08 Å². The number of allylic oxidation sites excluding steroid dienone is 9. The Morgan fingerprint density at radius 3 is 1.22 bits per heavy atom. The van der Waals surface area contributed by atoms with E-state index in [1.165, 1.54) is 250 Å². The molecule has 0 radical (unpaired) electrons. The molecule has 7 unspecified atom stereocenters. The first-order valence-electron chi connectivity index (χ1n) is 36.5. The zero-order chi connectivity index (χ0) is 62.3. The van der Waals surface area contributed by atoms with Crippen LogP contribution in [0.1, 0.15) is 341 Å². The molecule has 11 nitrogen and oxygen atoms in total. The Morgan fingerprint density at radius 1 is 0.442 bits per heavy atom. The molecule has 1 aliphatic heterocycles. The van der Waals surface area contributed by atoms with Gasteiger partial charge in [0.15, 0.2) is 6.29 Å². The maximum absolute atomic E-state index is 13.0. The molecule has 0 aromatic carbocycles. The summed E-state index contributed by atoms with van der Waals surface area (Å²) in [6, 6.07) is -0.832. The van der Waals surface area contributed by atoms with Crippen LogP contribution in [0.2, 0.25) is 0 Å². The van der Waals surface area contributed by atoms with Gasteiger partial charge >= 0.3 is 5.97 Å². The normalized spacial score (nSPS) is 18.2. The van der Waals surface area contributed by atoms with Gasteiger partial charge in [-0.1, -0.05) is 286 Å². The molecule has 0 aliphatic carbocycles. The molecular formula is C75H137NO10. The summed E-state index contributed by atoms with van der Waals surface area (Å²) in [5.41, 5.74) is 0. The molecule has 7 atom stereocenters. The van der Waals surface area contributed by atoms with Crippen molar-refractivity contribution >= 4 is 11.9 Å². The van der Waals surface area contributed by atoms with Crippen molar-refractivity contribution in [2.45, 2.75) is 384 Å². The number of hydrogen-bond acceptors (Lipinski definition) is 10. The van der Waals surface area contributed by atoms with Crippen LogP contribution in [-0.4, -0.2) is 100 Å². The number of carbonyl (C=O) groups is 2. The van der Waals surface area contributed by atoms with Crippen LogP contribution in [0.3, 0.4) is 0 Å². The van der Waals surface area contributed by atoms with E-state index in [2.05, 4.69) is 54.8 Å². The lowest BCUT2D eigenvalue weighted by Gasteiger charge is -2.40. The fourth-order valence-corrected chi connectivity index (χ4v) is 11.4. The van der Waals surface area contributed by atoms with E-state index < -0.39 is 49.5 Å². The van der Waals surface area contributed by atoms with Crippen molar-refractivity contribution in [3.63, 3.8) is 0 Å². The van der Waals surface area contributed by atoms with Gasteiger partial charge in [-0.15, -0.1) is 0 Å². The fourth-order valence-electron chi connectivity index (χ4n) is 11.4. The van der Waals surface area contributed by atoms with Crippen molar-refractivity contribution in [1.82, 2.24) is 5.32 Å². The number of amides is 1. The van der Waals surface area contributed by atoms with E-state index in [0.717, 1.165) is 64.2 Å². The van der Waals surface area contributed by atoms with Crippen LogP contribution < -0.4 is 5.32 Å². The van der Waals surface area contributed by atoms with Gasteiger partial charge in [0.1, 0.15) is 24.4 Å². The lowest BCUT2D eigenvalue weighted by Crippen LogP contribution is -2.60. The molecule has 0 spiro atoms. The standard InChI is InChI=1S/C75H137NO10/c1-3-5-7-9-11-13-14-15-16-33-37-40-43-47-51-55-59-63-71(80)84-64-60-56-52-48-44-41-38-35-32-30-28-26-24-22-20-18-17-19-21-23-25-27-29-31-34-36-39-42-46-50-54-58-62-70(79)76-67(68(78)61-57-53-49-45-12-10-8-6-4-2)66-85-75-74(83)73(82)72(81)69(65-77)86-75/h4,6,12,15-16,20,22,45,57,61,67-69,72-75,77-78,81-83H,3,5,7-11,13-14,17-19,21,23-44,46-56,58-60,62-66H2,1-2H3,(H,76,79)/b6-4+,16-15-,22-20-,45-12+,61-57+. The first kappa shape index (κ1) is 81.4. The Kier molecular flexibility index (Phi) is 60.5. The number of ether oxygens (including phenoxy) is 3. The Morgan fingerprint density at radius 2 is 0.802 bits per heavy atom. The Hall–Kier alpha value is -2.64. The van der Waals surface area contributed by atoms with Gasteiger partial charge in [-0.25, -0.2) is 0 Å². The first-order valence-corrected chi connectivity index (χ1v) is 36.5. The van der Waals surface area contributed by atoms with Gasteiger partial charge in [-0.2, -0.15) is 0 Å². The predicted octanol–water partition coefficient (Wildman–Crippen LogP) is 18.9. The highest BCUT2D eigenvalue weighted by atomic mass is 16.7. The molecule has 6 N–H and O–H groups in total. The van der Waals surface area contributed by atoms with E-state index in [-0.39, 0.29) is 18.5 Å². The topological polar surface area (TPSA) is 175 Å². The highest BCUT2D eigenvalue weighted by Gasteiger charge is 2.44. The van der Waals surface area contributed by atoms with Gasteiger partial charge in [0.2, 0.25) is 5.91 Å². The summed E-state index contributed by atoms with van der Waals surface area (Å²) in [5.74, 6) is -0.190. The zero-order valence-electron chi connectivity index (χ0n) is 55.8. The van der Waals surface area contributed by atoms with Gasteiger partial charge in [0.25, 0.3) is 0 Å². The van der Waals surface area contributed by atoms with Crippen LogP contribution in [0.15, 0.2) is 60.8 Å². The number of nitrogens with one attached hydrogen (secondary N) is 1. The summed E-state index contributed by atoms with van der Waals surface area (Å²) >= 11 is 0. The minimum atomic E-state index is -1.58. The molecule has 0 aromatic heterocycles. The van der Waals surface area contributed by atoms with Crippen molar-refractivity contribution in [2.24, 2.45) is 0 Å². The van der Waals surface area contributed by atoms with Crippen LogP contribution in [0.25, 0.3) is 0 Å². The van der Waals surface area contributed by atoms with Crippen molar-refractivity contribution in [1.29, 1.82) is 0 Å². The van der Waals surface area contributed by atoms with Gasteiger partial charge in [0.05, 0.1) is 32.0 Å². The van der Waals surface area contributed by atoms with E-state index in [9.17, 15) is 35.1 Å². The molecular weight excluding hydrogens is 1070 g/mol. The van der Waals surface area contributed by atoms with E-state index in [1.807, 2.05) is 19.1 Å². The predicted molar refractivity (Wildman–Crippen MR) is 361 cm³/mol. The second kappa shape index (κ2) is 63.9. The van der Waals surface area contributed by atoms with Gasteiger partial charge in [0, 0.05) is 12.8 Å². The second-order valence-electron chi connectivity index (χ2n) is 25.3. The lowest BCUT2D eigenvalue weighted by atomic mass is 9.99. The number of esters is 1. The second-order valence-corrected chi connectivity index (χ2v) is 25.3. The third-order valence-electron chi connectivity index (χ3n) is 17.1. The Bertz CT molecular complexity index is 1610. The van der Waals surface area contributed by atoms with E-state index in [0.29, 0.717) is 19.4 Å². The number of rotatable bonds is 64. The molecule has 11 heteroatoms. The third kappa shape index (κ3) is 52.2. The summed E-state index contributed by atoms with van der Waals surface area (Å²) in [7, 11) is 0. The average Bonchev–Trinajstić information content (AvgIpc) is 3.70. The number of hydrogen-bond donors (Lipinski definition) is 6. The summed E-state index contributed by atoms with van der Waals surface area (Å²) in [6.45, 7) is 4.11. The third-order valence-corrected chi connectivity index (χ3v) is 17.1. The lowest BCUT2D eigenvalue weighted by molar-refractivity contribution is -0.302. The van der Waals surface area contributed by atoms with Gasteiger partial charge in [-0.05, 0) is 103 Å². The fraction of sp³-hybridized carbons (Fsp3) is 0.840. The molecule has 0 aromatic rings. The Balaban J connectivity index is 1.89. The molecule has 1 saturated heterocycles. The largest absolute Gasteiger partial charge is 0.466 e. The van der Waals surface area contributed by atoms with Crippen LogP contribution in [-0.2, 0) is 23.8 Å². The van der Waals surface area contributed by atoms with Crippen LogP contribution in [0.5, 0.6) is 0 Å². The van der Waals surface area contributed by atoms with Crippen molar-refractivity contribution in [3.8, 4) is 0 Å². The number of unbranched alkanes of at least 4 members (excludes halogenated alkanes) is 43. The minimum absolute atomic E-state index is 0.00679. The van der Waals surface area contributed by atoms with Crippen molar-refractivity contribution in [2.75, 3.05) is 19.8 Å². The number of aliphatic hydroxyl groups is 5. The van der Waals surface area contributed by atoms with Crippen LogP contribution in [0.4, 0.5) is 0 Å². The molecule has 1 amide bonds. The molecule has 0 saturated carbocycles. The smallest absolute Gasteiger partial charge is 0.305 e. The highest BCUT2D eigenvalue weighted by Crippen LogP contribution is 2.23. The van der Waals surface area contributed by atoms with E-state index >= 15 is 0 Å². The van der Waals surface area contributed by atoms with Gasteiger partial charge < -0.3 is 45.1 Å². The average molecular weight is 1210 g/mol. The molecule has 502 valence electrons. The molecule has 1 heterocycles. The first-order chi connectivity index (χ1) is 42.2. The zero-order valence-corrected chi connectivity index (χ0v) is 55.8. The molecule has 1 fully saturated rings. The van der Waals surface area contributed by atoms with Crippen LogP contribution >= 0.6 is 0 Å². The SMILES string of the molecule is C/C=C/CC/C=C/CC/C=C/C(O)C(COC1OC(CO)C(O)C(O)C1O)NC(=O)CCCCCCCCCCCCCCCCCC/C=C\CCCCCCCCCCCCCCOC(=O)CCCCCCCCC/C=C\CCCCCCCC. The highest BCUT2D eigenvalue weighted by molar-refractivity contribution is 5.76. The number of carbonyl (C=O) groups excluding carboxylic acids is 2. The molecule has 86 heavy (non-hydrogen) atoms. The molecule has 0 bridgehead atoms. The molecule has 1 aliphatic rings. The summed E-state index contributed by atoms with van der Waals surface area (Å²) in [4.78, 5) is 25.1. The number of aliphatic hydroxyl groups excluding tert-OH is 5. The molecule has 1 rings (SSSR count). The minimum Gasteiger partial charge on any atom is -0.466 e. The maximum Gasteiger partial charge on any atom is 0.305 e. The van der Waals surface area contributed by atoms with Crippen molar-refractivity contribution < 1.29 is 49.3 Å². The van der Waals surface area contributed by atoms with Crippen molar-refractivity contribution in [3.05, 3.63) is 60.8 Å². The monoisotopic (exact) mass is 1210 g/mol. The quantitative estimate of drug-likeness (QED) is 0.0195. The summed E-state index contributed by atoms with van der Waals surface area (Å²) < 4.78 is 16.7. The summed E-state index contributed by atoms with van der Waals surface area (Å²) in [6.07, 6.45) is 75.5. The maximum atomic E-state index is 13.0. The van der Waals surface area contributed by atoms with E-state index in [4.69, 9.17) is 14.2 Å². The Labute approximate surface area is 528 Å². The van der Waals surface area contributed by atoms with Crippen LogP contribution in [0, 0.1) is 0 Å².